The zero-order valence-corrected chi connectivity index (χ0v) is 17.0. The van der Waals surface area contributed by atoms with Crippen LogP contribution in [-0.4, -0.2) is 27.4 Å². The third kappa shape index (κ3) is 4.02. The van der Waals surface area contributed by atoms with Crippen LogP contribution in [-0.2, 0) is 21.2 Å². The summed E-state index contributed by atoms with van der Waals surface area (Å²) in [4.78, 5) is 14.3. The van der Waals surface area contributed by atoms with Crippen molar-refractivity contribution in [3.05, 3.63) is 52.3 Å². The van der Waals surface area contributed by atoms with Crippen LogP contribution in [0.2, 0.25) is 0 Å². The topological polar surface area (TPSA) is 92.5 Å². The van der Waals surface area contributed by atoms with Gasteiger partial charge >= 0.3 is 0 Å². The average molecular weight is 405 g/mol. The number of fused-ring (bicyclic) bond motifs is 1. The zero-order valence-electron chi connectivity index (χ0n) is 16.2. The molecule has 0 atom stereocenters. The molecule has 150 valence electrons. The van der Waals surface area contributed by atoms with E-state index in [0.717, 1.165) is 29.5 Å². The lowest BCUT2D eigenvalue weighted by Gasteiger charge is -2.32. The second-order valence-electron chi connectivity index (χ2n) is 7.22. The van der Waals surface area contributed by atoms with E-state index < -0.39 is 10.0 Å². The average Bonchev–Trinajstić information content (AvgIpc) is 2.61. The van der Waals surface area contributed by atoms with Gasteiger partial charge in [0.05, 0.1) is 17.1 Å². The van der Waals surface area contributed by atoms with Crippen molar-refractivity contribution in [2.45, 2.75) is 38.5 Å². The number of nitrogens with zero attached hydrogens (tertiary/aromatic N) is 1. The number of primary sulfonamides is 1. The highest BCUT2D eigenvalue weighted by molar-refractivity contribution is 7.89. The molecule has 28 heavy (non-hydrogen) atoms. The van der Waals surface area contributed by atoms with Gasteiger partial charge < -0.3 is 10.2 Å². The number of nitrogens with one attached hydrogen (secondary N) is 1. The van der Waals surface area contributed by atoms with Gasteiger partial charge in [0.2, 0.25) is 15.9 Å². The van der Waals surface area contributed by atoms with Crippen molar-refractivity contribution in [3.63, 3.8) is 0 Å². The number of halogens is 1. The molecule has 0 spiro atoms. The van der Waals surface area contributed by atoms with Crippen LogP contribution in [0.5, 0.6) is 0 Å². The fourth-order valence-corrected chi connectivity index (χ4v) is 4.19. The summed E-state index contributed by atoms with van der Waals surface area (Å²) in [5.74, 6) is -0.681. The Morgan fingerprint density at radius 2 is 1.93 bits per heavy atom. The summed E-state index contributed by atoms with van der Waals surface area (Å²) in [5, 5.41) is 7.97. The van der Waals surface area contributed by atoms with Crippen LogP contribution in [0.25, 0.3) is 0 Å². The molecule has 0 aliphatic carbocycles. The maximum atomic E-state index is 14.4. The molecule has 2 aromatic carbocycles. The Morgan fingerprint density at radius 3 is 2.61 bits per heavy atom. The minimum Gasteiger partial charge on any atom is -0.360 e. The van der Waals surface area contributed by atoms with Gasteiger partial charge in [-0.25, -0.2) is 17.9 Å². The maximum absolute atomic E-state index is 14.4. The number of amides is 1. The molecular weight excluding hydrogens is 381 g/mol. The molecule has 0 saturated heterocycles. The van der Waals surface area contributed by atoms with Gasteiger partial charge in [0.25, 0.3) is 0 Å². The molecule has 1 heterocycles. The molecule has 2 aromatic rings. The quantitative estimate of drug-likeness (QED) is 0.818. The number of rotatable bonds is 4. The number of benzene rings is 2. The predicted molar refractivity (Wildman–Crippen MR) is 108 cm³/mol. The molecule has 3 rings (SSSR count). The normalized spacial score (nSPS) is 14.0. The van der Waals surface area contributed by atoms with Crippen LogP contribution in [0, 0.1) is 26.6 Å². The fraction of sp³-hybridized carbons (Fsp3) is 0.350. The first-order valence-corrected chi connectivity index (χ1v) is 10.6. The molecule has 1 amide bonds. The number of nitrogens with two attached hydrogens (primary N) is 1. The number of hydrogen-bond acceptors (Lipinski definition) is 4. The maximum Gasteiger partial charge on any atom is 0.243 e. The molecular formula is C20H24FN3O3S. The van der Waals surface area contributed by atoms with E-state index in [9.17, 15) is 17.6 Å². The number of carbonyl (C=O) groups is 1. The minimum absolute atomic E-state index is 0.0224. The van der Waals surface area contributed by atoms with E-state index in [4.69, 9.17) is 5.14 Å². The first-order valence-electron chi connectivity index (χ1n) is 9.04. The zero-order chi connectivity index (χ0) is 20.6. The number of sulfonamides is 1. The fourth-order valence-electron chi connectivity index (χ4n) is 3.57. The van der Waals surface area contributed by atoms with E-state index in [1.54, 1.807) is 24.8 Å². The lowest BCUT2D eigenvalue weighted by molar-refractivity contribution is -0.115. The summed E-state index contributed by atoms with van der Waals surface area (Å²) >= 11 is 0. The van der Waals surface area contributed by atoms with Crippen molar-refractivity contribution in [3.8, 4) is 0 Å². The Morgan fingerprint density at radius 1 is 1.21 bits per heavy atom. The van der Waals surface area contributed by atoms with Gasteiger partial charge in [-0.3, -0.25) is 4.79 Å². The van der Waals surface area contributed by atoms with Crippen molar-refractivity contribution >= 4 is 27.3 Å². The van der Waals surface area contributed by atoms with Crippen LogP contribution >= 0.6 is 0 Å². The van der Waals surface area contributed by atoms with Crippen LogP contribution in [0.3, 0.4) is 0 Å². The molecule has 6 nitrogen and oxygen atoms in total. The lowest BCUT2D eigenvalue weighted by atomic mass is 9.96. The molecule has 8 heteroatoms. The Labute approximate surface area is 164 Å². The summed E-state index contributed by atoms with van der Waals surface area (Å²) in [6, 6.07) is 6.00. The smallest absolute Gasteiger partial charge is 0.243 e. The van der Waals surface area contributed by atoms with E-state index in [0.29, 0.717) is 23.5 Å². The first kappa shape index (κ1) is 20.3. The van der Waals surface area contributed by atoms with Crippen LogP contribution in [0.1, 0.15) is 28.7 Å². The van der Waals surface area contributed by atoms with Crippen molar-refractivity contribution in [1.82, 2.24) is 0 Å². The number of carbonyl (C=O) groups excluding carboxylic acids is 1. The molecule has 1 aliphatic rings. The summed E-state index contributed by atoms with van der Waals surface area (Å²) in [6.45, 7) is 6.03. The summed E-state index contributed by atoms with van der Waals surface area (Å²) in [7, 11) is -3.89. The first-order chi connectivity index (χ1) is 13.1. The van der Waals surface area contributed by atoms with Crippen LogP contribution in [0.15, 0.2) is 29.2 Å². The minimum atomic E-state index is -3.89. The highest BCUT2D eigenvalue weighted by Crippen LogP contribution is 2.32. The third-order valence-electron chi connectivity index (χ3n) is 5.22. The summed E-state index contributed by atoms with van der Waals surface area (Å²) in [6.07, 6.45) is 1.62. The molecule has 0 aromatic heterocycles. The van der Waals surface area contributed by atoms with Gasteiger partial charge in [-0.1, -0.05) is 6.07 Å². The van der Waals surface area contributed by atoms with Gasteiger partial charge in [0, 0.05) is 12.2 Å². The molecule has 0 bridgehead atoms. The Hall–Kier alpha value is -2.45. The molecule has 0 unspecified atom stereocenters. The van der Waals surface area contributed by atoms with E-state index in [1.165, 1.54) is 18.2 Å². The SMILES string of the molecule is Cc1cc(S(N)(=O)=O)cc(NC(=O)CN2CCCc3c(C)ccc(F)c32)c1C. The third-order valence-corrected chi connectivity index (χ3v) is 6.11. The molecule has 0 fully saturated rings. The highest BCUT2D eigenvalue weighted by atomic mass is 32.2. The van der Waals surface area contributed by atoms with E-state index >= 15 is 0 Å². The van der Waals surface area contributed by atoms with Gasteiger partial charge in [-0.15, -0.1) is 0 Å². The lowest BCUT2D eigenvalue weighted by Crippen LogP contribution is -2.37. The summed E-state index contributed by atoms with van der Waals surface area (Å²) < 4.78 is 37.8. The van der Waals surface area contributed by atoms with Crippen molar-refractivity contribution in [2.75, 3.05) is 23.3 Å². The molecule has 3 N–H and O–H groups in total. The van der Waals surface area contributed by atoms with Crippen LogP contribution < -0.4 is 15.4 Å². The Balaban J connectivity index is 1.86. The van der Waals surface area contributed by atoms with Gasteiger partial charge in [0.15, 0.2) is 0 Å². The molecule has 1 aliphatic heterocycles. The van der Waals surface area contributed by atoms with Crippen LogP contribution in [0.4, 0.5) is 15.8 Å². The standard InChI is InChI=1S/C20H24FN3O3S/c1-12-6-7-17(21)20-16(12)5-4-8-24(20)11-19(25)23-18-10-15(28(22,26)27)9-13(2)14(18)3/h6-7,9-10H,4-5,8,11H2,1-3H3,(H,23,25)(H2,22,26,27). The molecule has 0 radical (unpaired) electrons. The summed E-state index contributed by atoms with van der Waals surface area (Å²) in [5.41, 5.74) is 4.26. The van der Waals surface area contributed by atoms with E-state index in [2.05, 4.69) is 5.32 Å². The Bertz CT molecular complexity index is 1050. The second-order valence-corrected chi connectivity index (χ2v) is 8.78. The number of aryl methyl sites for hydroxylation is 2. The highest BCUT2D eigenvalue weighted by Gasteiger charge is 2.24. The molecule has 0 saturated carbocycles. The van der Waals surface area contributed by atoms with Gasteiger partial charge in [0.1, 0.15) is 5.82 Å². The van der Waals surface area contributed by atoms with Gasteiger partial charge in [-0.05, 0) is 74.1 Å². The van der Waals surface area contributed by atoms with E-state index in [1.807, 2.05) is 6.92 Å². The largest absolute Gasteiger partial charge is 0.360 e. The van der Waals surface area contributed by atoms with Gasteiger partial charge in [-0.2, -0.15) is 0 Å². The van der Waals surface area contributed by atoms with Crippen molar-refractivity contribution in [2.24, 2.45) is 5.14 Å². The number of hydrogen-bond donors (Lipinski definition) is 2. The number of anilines is 2. The van der Waals surface area contributed by atoms with E-state index in [-0.39, 0.29) is 23.2 Å². The Kier molecular flexibility index (Phi) is 5.45. The second kappa shape index (κ2) is 7.52. The van der Waals surface area contributed by atoms with Crippen molar-refractivity contribution in [1.29, 1.82) is 0 Å². The van der Waals surface area contributed by atoms with Crippen molar-refractivity contribution < 1.29 is 17.6 Å². The predicted octanol–water partition coefficient (Wildman–Crippen LogP) is 2.79. The monoisotopic (exact) mass is 405 g/mol.